The van der Waals surface area contributed by atoms with Crippen molar-refractivity contribution in [2.45, 2.75) is 38.9 Å². The van der Waals surface area contributed by atoms with E-state index in [0.29, 0.717) is 6.42 Å². The van der Waals surface area contributed by atoms with Crippen LogP contribution in [0.2, 0.25) is 0 Å². The number of nitrogens with zero attached hydrogens (tertiary/aromatic N) is 1. The van der Waals surface area contributed by atoms with E-state index in [4.69, 9.17) is 0 Å². The molecule has 150 valence electrons. The first-order valence-corrected chi connectivity index (χ1v) is 9.07. The molecule has 0 aromatic heterocycles. The monoisotopic (exact) mass is 403 g/mol. The van der Waals surface area contributed by atoms with Gasteiger partial charge in [-0.2, -0.15) is 0 Å². The summed E-state index contributed by atoms with van der Waals surface area (Å²) in [6.45, 7) is 4.26. The van der Waals surface area contributed by atoms with E-state index >= 15 is 0 Å². The van der Waals surface area contributed by atoms with Crippen molar-refractivity contribution in [3.63, 3.8) is 0 Å². The van der Waals surface area contributed by atoms with Crippen LogP contribution >= 0.6 is 12.4 Å². The maximum Gasteiger partial charge on any atom is 0.405 e. The zero-order valence-electron chi connectivity index (χ0n) is 16.2. The van der Waals surface area contributed by atoms with Crippen LogP contribution in [0.25, 0.3) is 11.1 Å². The number of carbonyl (C=O) groups is 2. The first-order valence-electron chi connectivity index (χ1n) is 9.07. The number of fused-ring (bicyclic) bond motifs is 1. The third-order valence-corrected chi connectivity index (χ3v) is 4.96. The second kappa shape index (κ2) is 9.08. The van der Waals surface area contributed by atoms with Gasteiger partial charge >= 0.3 is 6.09 Å². The number of carboxylic acid groups (broad SMARTS) is 1. The van der Waals surface area contributed by atoms with E-state index in [-0.39, 0.29) is 30.4 Å². The van der Waals surface area contributed by atoms with Crippen LogP contribution in [0.4, 0.5) is 10.5 Å². The molecule has 3 rings (SSSR count). The number of hydrogen-bond acceptors (Lipinski definition) is 3. The third-order valence-electron chi connectivity index (χ3n) is 4.96. The lowest BCUT2D eigenvalue weighted by atomic mass is 9.89. The van der Waals surface area contributed by atoms with E-state index in [0.717, 1.165) is 28.9 Å². The smallest absolute Gasteiger partial charge is 0.405 e. The quantitative estimate of drug-likeness (QED) is 0.722. The van der Waals surface area contributed by atoms with Gasteiger partial charge < -0.3 is 20.6 Å². The van der Waals surface area contributed by atoms with Gasteiger partial charge in [0.15, 0.2) is 0 Å². The molecule has 0 unspecified atom stereocenters. The van der Waals surface area contributed by atoms with Crippen LogP contribution in [-0.4, -0.2) is 30.2 Å². The van der Waals surface area contributed by atoms with Crippen molar-refractivity contribution in [3.05, 3.63) is 53.6 Å². The van der Waals surface area contributed by atoms with Crippen LogP contribution in [0.5, 0.6) is 0 Å². The maximum absolute atomic E-state index is 12.2. The van der Waals surface area contributed by atoms with Gasteiger partial charge in [0.25, 0.3) is 0 Å². The SMILES string of the molecule is CNCc1cccc(-c2ccc3c(c2)[C@H](NC(=O)O)C[C@H](C)N3C(C)=O)c1.Cl. The van der Waals surface area contributed by atoms with Gasteiger partial charge in [-0.15, -0.1) is 12.4 Å². The van der Waals surface area contributed by atoms with Gasteiger partial charge in [0.05, 0.1) is 6.04 Å². The zero-order valence-corrected chi connectivity index (χ0v) is 17.0. The van der Waals surface area contributed by atoms with E-state index in [2.05, 4.69) is 22.8 Å². The van der Waals surface area contributed by atoms with Gasteiger partial charge in [0.1, 0.15) is 0 Å². The topological polar surface area (TPSA) is 81.7 Å². The van der Waals surface area contributed by atoms with Crippen LogP contribution in [0, 0.1) is 0 Å². The van der Waals surface area contributed by atoms with Crippen molar-refractivity contribution in [1.82, 2.24) is 10.6 Å². The molecule has 0 bridgehead atoms. The molecule has 3 N–H and O–H groups in total. The number of nitrogens with one attached hydrogen (secondary N) is 2. The minimum absolute atomic E-state index is 0. The number of amides is 2. The van der Waals surface area contributed by atoms with Crippen molar-refractivity contribution in [2.75, 3.05) is 11.9 Å². The minimum Gasteiger partial charge on any atom is -0.465 e. The first-order chi connectivity index (χ1) is 12.9. The van der Waals surface area contributed by atoms with Gasteiger partial charge in [-0.25, -0.2) is 4.79 Å². The molecule has 0 saturated heterocycles. The Hall–Kier alpha value is -2.57. The van der Waals surface area contributed by atoms with Crippen molar-refractivity contribution in [3.8, 4) is 11.1 Å². The molecule has 28 heavy (non-hydrogen) atoms. The van der Waals surface area contributed by atoms with Crippen LogP contribution in [0.15, 0.2) is 42.5 Å². The molecule has 2 amide bonds. The van der Waals surface area contributed by atoms with E-state index in [9.17, 15) is 14.7 Å². The molecule has 2 atom stereocenters. The Morgan fingerprint density at radius 1 is 1.18 bits per heavy atom. The summed E-state index contributed by atoms with van der Waals surface area (Å²) >= 11 is 0. The van der Waals surface area contributed by atoms with E-state index in [1.807, 2.05) is 44.3 Å². The summed E-state index contributed by atoms with van der Waals surface area (Å²) in [5, 5.41) is 15.0. The first kappa shape index (κ1) is 21.7. The van der Waals surface area contributed by atoms with Gasteiger partial charge in [0, 0.05) is 25.2 Å². The Bertz CT molecular complexity index is 872. The second-order valence-electron chi connectivity index (χ2n) is 6.98. The molecule has 0 spiro atoms. The Labute approximate surface area is 171 Å². The third kappa shape index (κ3) is 4.46. The summed E-state index contributed by atoms with van der Waals surface area (Å²) in [5.41, 5.74) is 4.85. The Kier molecular flexibility index (Phi) is 7.05. The number of carbonyl (C=O) groups excluding carboxylic acids is 1. The largest absolute Gasteiger partial charge is 0.465 e. The fraction of sp³-hybridized carbons (Fsp3) is 0.333. The molecule has 2 aromatic rings. The number of rotatable bonds is 4. The molecular weight excluding hydrogens is 378 g/mol. The standard InChI is InChI=1S/C21H25N3O3.ClH/c1-13-9-19(23-21(26)27)18-11-17(7-8-20(18)24(13)14(2)25)16-6-4-5-15(10-16)12-22-3;/h4-8,10-11,13,19,22-23H,9,12H2,1-3H3,(H,26,27);1H/t13-,19+;/m0./s1. The Balaban J connectivity index is 0.00000280. The highest BCUT2D eigenvalue weighted by Gasteiger charge is 2.33. The van der Waals surface area contributed by atoms with Crippen LogP contribution < -0.4 is 15.5 Å². The van der Waals surface area contributed by atoms with Crippen LogP contribution in [-0.2, 0) is 11.3 Å². The van der Waals surface area contributed by atoms with Gasteiger partial charge in [-0.05, 0) is 60.8 Å². The van der Waals surface area contributed by atoms with Crippen molar-refractivity contribution in [1.29, 1.82) is 0 Å². The average Bonchev–Trinajstić information content (AvgIpc) is 2.61. The van der Waals surface area contributed by atoms with Crippen molar-refractivity contribution in [2.24, 2.45) is 0 Å². The molecule has 6 nitrogen and oxygen atoms in total. The molecule has 0 fully saturated rings. The highest BCUT2D eigenvalue weighted by molar-refractivity contribution is 5.94. The molecule has 1 aliphatic rings. The summed E-state index contributed by atoms with van der Waals surface area (Å²) in [7, 11) is 1.91. The van der Waals surface area contributed by atoms with Gasteiger partial charge in [0.2, 0.25) is 5.91 Å². The lowest BCUT2D eigenvalue weighted by molar-refractivity contribution is -0.117. The zero-order chi connectivity index (χ0) is 19.6. The predicted octanol–water partition coefficient (Wildman–Crippen LogP) is 3.95. The minimum atomic E-state index is -1.06. The van der Waals surface area contributed by atoms with Crippen LogP contribution in [0.1, 0.15) is 37.4 Å². The lowest BCUT2D eigenvalue weighted by Crippen LogP contribution is -2.45. The number of benzene rings is 2. The molecule has 1 heterocycles. The fourth-order valence-electron chi connectivity index (χ4n) is 3.87. The molecule has 1 aliphatic heterocycles. The second-order valence-corrected chi connectivity index (χ2v) is 6.98. The summed E-state index contributed by atoms with van der Waals surface area (Å²) in [4.78, 5) is 25.2. The fourth-order valence-corrected chi connectivity index (χ4v) is 3.87. The summed E-state index contributed by atoms with van der Waals surface area (Å²) < 4.78 is 0. The molecule has 0 radical (unpaired) electrons. The maximum atomic E-state index is 12.2. The summed E-state index contributed by atoms with van der Waals surface area (Å²) in [6, 6.07) is 13.7. The van der Waals surface area contributed by atoms with E-state index in [1.54, 1.807) is 11.8 Å². The molecule has 7 heteroatoms. The Morgan fingerprint density at radius 2 is 1.89 bits per heavy atom. The molecule has 0 aliphatic carbocycles. The number of hydrogen-bond donors (Lipinski definition) is 3. The highest BCUT2D eigenvalue weighted by atomic mass is 35.5. The molecule has 2 aromatic carbocycles. The summed E-state index contributed by atoms with van der Waals surface area (Å²) in [5.74, 6) is -0.0405. The predicted molar refractivity (Wildman–Crippen MR) is 113 cm³/mol. The van der Waals surface area contributed by atoms with Crippen molar-refractivity contribution < 1.29 is 14.7 Å². The number of halogens is 1. The normalized spacial score (nSPS) is 18.0. The van der Waals surface area contributed by atoms with E-state index < -0.39 is 6.09 Å². The lowest BCUT2D eigenvalue weighted by Gasteiger charge is -2.39. The average molecular weight is 404 g/mol. The molecular formula is C21H26ClN3O3. The number of anilines is 1. The van der Waals surface area contributed by atoms with Crippen molar-refractivity contribution >= 4 is 30.1 Å². The summed E-state index contributed by atoms with van der Waals surface area (Å²) in [6.07, 6.45) is -0.516. The van der Waals surface area contributed by atoms with Gasteiger partial charge in [-0.1, -0.05) is 24.3 Å². The van der Waals surface area contributed by atoms with Crippen LogP contribution in [0.3, 0.4) is 0 Å². The van der Waals surface area contributed by atoms with E-state index in [1.165, 1.54) is 5.56 Å². The highest BCUT2D eigenvalue weighted by Crippen LogP contribution is 2.39. The van der Waals surface area contributed by atoms with Gasteiger partial charge in [-0.3, -0.25) is 4.79 Å². The molecule has 0 saturated carbocycles. The Morgan fingerprint density at radius 3 is 2.54 bits per heavy atom.